The molecule has 5 nitrogen and oxygen atoms in total. The topological polar surface area (TPSA) is 58.5 Å². The van der Waals surface area contributed by atoms with E-state index >= 15 is 0 Å². The lowest BCUT2D eigenvalue weighted by Crippen LogP contribution is -2.12. The minimum absolute atomic E-state index is 0.643. The Balaban J connectivity index is 1.54. The van der Waals surface area contributed by atoms with Crippen LogP contribution in [0.3, 0.4) is 0 Å². The van der Waals surface area contributed by atoms with Gasteiger partial charge in [-0.05, 0) is 45.1 Å². The average Bonchev–Trinajstić information content (AvgIpc) is 3.16. The molecule has 0 spiro atoms. The maximum atomic E-state index is 4.64. The van der Waals surface area contributed by atoms with Crippen molar-refractivity contribution in [2.24, 2.45) is 0 Å². The highest BCUT2D eigenvalue weighted by Gasteiger charge is 2.19. The molecule has 0 amide bonds. The number of hydrogen-bond acceptors (Lipinski definition) is 3. The van der Waals surface area contributed by atoms with Crippen molar-refractivity contribution < 1.29 is 0 Å². The second kappa shape index (κ2) is 6.33. The summed E-state index contributed by atoms with van der Waals surface area (Å²) in [5.41, 5.74) is 3.60. The zero-order valence-electron chi connectivity index (χ0n) is 13.0. The molecular formula is C16H25N5. The second-order valence-electron chi connectivity index (χ2n) is 6.10. The predicted molar refractivity (Wildman–Crippen MR) is 84.6 cm³/mol. The predicted octanol–water partition coefficient (Wildman–Crippen LogP) is 3.38. The van der Waals surface area contributed by atoms with Gasteiger partial charge in [0.15, 0.2) is 0 Å². The Hall–Kier alpha value is -1.78. The van der Waals surface area contributed by atoms with Crippen molar-refractivity contribution in [2.45, 2.75) is 58.4 Å². The molecule has 21 heavy (non-hydrogen) atoms. The lowest BCUT2D eigenvalue weighted by atomic mass is 10.1. The van der Waals surface area contributed by atoms with Crippen LogP contribution in [0.2, 0.25) is 0 Å². The van der Waals surface area contributed by atoms with E-state index in [1.165, 1.54) is 36.9 Å². The van der Waals surface area contributed by atoms with Crippen molar-refractivity contribution in [3.8, 4) is 0 Å². The van der Waals surface area contributed by atoms with Crippen molar-refractivity contribution in [2.75, 3.05) is 11.9 Å². The van der Waals surface area contributed by atoms with Crippen LogP contribution in [-0.2, 0) is 6.42 Å². The molecule has 114 valence electrons. The maximum absolute atomic E-state index is 4.64. The van der Waals surface area contributed by atoms with E-state index in [1.807, 2.05) is 6.20 Å². The number of nitrogens with zero attached hydrogens (tertiary/aromatic N) is 3. The molecule has 0 aliphatic heterocycles. The van der Waals surface area contributed by atoms with Gasteiger partial charge in [-0.15, -0.1) is 0 Å². The first kappa shape index (κ1) is 14.2. The number of aryl methyl sites for hydroxylation is 3. The minimum atomic E-state index is 0.643. The molecule has 0 bridgehead atoms. The van der Waals surface area contributed by atoms with Crippen LogP contribution in [0, 0.1) is 13.8 Å². The van der Waals surface area contributed by atoms with E-state index in [9.17, 15) is 0 Å². The van der Waals surface area contributed by atoms with Crippen molar-refractivity contribution in [3.63, 3.8) is 0 Å². The van der Waals surface area contributed by atoms with Gasteiger partial charge in [0, 0.05) is 24.5 Å². The van der Waals surface area contributed by atoms with Crippen LogP contribution in [0.4, 0.5) is 5.95 Å². The first-order chi connectivity index (χ1) is 10.2. The summed E-state index contributed by atoms with van der Waals surface area (Å²) < 4.78 is 2.35. The molecule has 2 aromatic rings. The van der Waals surface area contributed by atoms with Gasteiger partial charge in [0.25, 0.3) is 0 Å². The Morgan fingerprint density at radius 2 is 2.14 bits per heavy atom. The summed E-state index contributed by atoms with van der Waals surface area (Å²) in [5, 5.41) is 10.6. The van der Waals surface area contributed by atoms with Gasteiger partial charge in [0.1, 0.15) is 0 Å². The molecule has 2 aromatic heterocycles. The average molecular weight is 287 g/mol. The van der Waals surface area contributed by atoms with Crippen molar-refractivity contribution in [3.05, 3.63) is 29.3 Å². The summed E-state index contributed by atoms with van der Waals surface area (Å²) in [6.07, 6.45) is 11.5. The maximum Gasteiger partial charge on any atom is 0.203 e. The lowest BCUT2D eigenvalue weighted by Gasteiger charge is -2.15. The second-order valence-corrected chi connectivity index (χ2v) is 6.10. The van der Waals surface area contributed by atoms with E-state index in [2.05, 4.69) is 45.1 Å². The SMILES string of the molecule is Cc1cn(C2CCCC2)c(NCCCc2cn[nH]c2C)n1. The highest BCUT2D eigenvalue weighted by molar-refractivity contribution is 5.30. The van der Waals surface area contributed by atoms with Crippen LogP contribution < -0.4 is 5.32 Å². The minimum Gasteiger partial charge on any atom is -0.356 e. The molecule has 0 saturated heterocycles. The molecule has 0 aromatic carbocycles. The fourth-order valence-corrected chi connectivity index (χ4v) is 3.21. The van der Waals surface area contributed by atoms with Crippen molar-refractivity contribution >= 4 is 5.95 Å². The van der Waals surface area contributed by atoms with Crippen molar-refractivity contribution in [1.82, 2.24) is 19.7 Å². The molecule has 1 aliphatic rings. The molecule has 5 heteroatoms. The Morgan fingerprint density at radius 1 is 1.33 bits per heavy atom. The smallest absolute Gasteiger partial charge is 0.203 e. The molecule has 0 unspecified atom stereocenters. The van der Waals surface area contributed by atoms with Gasteiger partial charge in [0.2, 0.25) is 5.95 Å². The summed E-state index contributed by atoms with van der Waals surface area (Å²) >= 11 is 0. The highest BCUT2D eigenvalue weighted by atomic mass is 15.2. The monoisotopic (exact) mass is 287 g/mol. The number of hydrogen-bond donors (Lipinski definition) is 2. The zero-order valence-corrected chi connectivity index (χ0v) is 13.0. The van der Waals surface area contributed by atoms with Gasteiger partial charge in [-0.3, -0.25) is 5.10 Å². The zero-order chi connectivity index (χ0) is 14.7. The molecule has 2 N–H and O–H groups in total. The van der Waals surface area contributed by atoms with Gasteiger partial charge in [-0.25, -0.2) is 4.98 Å². The molecule has 3 rings (SSSR count). The largest absolute Gasteiger partial charge is 0.356 e. The number of rotatable bonds is 6. The van der Waals surface area contributed by atoms with Crippen LogP contribution in [0.25, 0.3) is 0 Å². The van der Waals surface area contributed by atoms with E-state index in [-0.39, 0.29) is 0 Å². The fourth-order valence-electron chi connectivity index (χ4n) is 3.21. The number of H-pyrrole nitrogens is 1. The summed E-state index contributed by atoms with van der Waals surface area (Å²) in [7, 11) is 0. The molecule has 1 fully saturated rings. The van der Waals surface area contributed by atoms with Gasteiger partial charge < -0.3 is 9.88 Å². The van der Waals surface area contributed by atoms with E-state index in [4.69, 9.17) is 0 Å². The van der Waals surface area contributed by atoms with E-state index in [0.29, 0.717) is 6.04 Å². The van der Waals surface area contributed by atoms with Gasteiger partial charge >= 0.3 is 0 Å². The lowest BCUT2D eigenvalue weighted by molar-refractivity contribution is 0.522. The highest BCUT2D eigenvalue weighted by Crippen LogP contribution is 2.32. The van der Waals surface area contributed by atoms with Crippen LogP contribution in [0.1, 0.15) is 55.1 Å². The number of aromatic amines is 1. The molecule has 0 radical (unpaired) electrons. The van der Waals surface area contributed by atoms with Gasteiger partial charge in [-0.1, -0.05) is 12.8 Å². The molecular weight excluding hydrogens is 262 g/mol. The van der Waals surface area contributed by atoms with Gasteiger partial charge in [0.05, 0.1) is 11.9 Å². The fraction of sp³-hybridized carbons (Fsp3) is 0.625. The Bertz CT molecular complexity index is 577. The van der Waals surface area contributed by atoms with Crippen LogP contribution in [0.5, 0.6) is 0 Å². The van der Waals surface area contributed by atoms with E-state index in [0.717, 1.165) is 31.0 Å². The number of aromatic nitrogens is 4. The Labute approximate surface area is 126 Å². The third-order valence-electron chi connectivity index (χ3n) is 4.41. The standard InChI is InChI=1S/C16H25N5/c1-12-11-21(15-7-3-4-8-15)16(19-12)17-9-5-6-14-10-18-20-13(14)2/h10-11,15H,3-9H2,1-2H3,(H,17,19)(H,18,20). The summed E-state index contributed by atoms with van der Waals surface area (Å²) in [6, 6.07) is 0.643. The molecule has 1 aliphatic carbocycles. The van der Waals surface area contributed by atoms with E-state index < -0.39 is 0 Å². The van der Waals surface area contributed by atoms with Gasteiger partial charge in [-0.2, -0.15) is 5.10 Å². The van der Waals surface area contributed by atoms with Crippen LogP contribution >= 0.6 is 0 Å². The Morgan fingerprint density at radius 3 is 2.86 bits per heavy atom. The quantitative estimate of drug-likeness (QED) is 0.801. The van der Waals surface area contributed by atoms with Crippen LogP contribution in [-0.4, -0.2) is 26.3 Å². The van der Waals surface area contributed by atoms with Crippen LogP contribution in [0.15, 0.2) is 12.4 Å². The summed E-state index contributed by atoms with van der Waals surface area (Å²) in [5.74, 6) is 1.04. The normalized spacial score (nSPS) is 15.7. The number of nitrogens with one attached hydrogen (secondary N) is 2. The third kappa shape index (κ3) is 3.28. The molecule has 1 saturated carbocycles. The number of anilines is 1. The van der Waals surface area contributed by atoms with E-state index in [1.54, 1.807) is 0 Å². The summed E-state index contributed by atoms with van der Waals surface area (Å²) in [6.45, 7) is 5.10. The Kier molecular flexibility index (Phi) is 4.27. The first-order valence-corrected chi connectivity index (χ1v) is 8.02. The molecule has 2 heterocycles. The molecule has 0 atom stereocenters. The third-order valence-corrected chi connectivity index (χ3v) is 4.41. The first-order valence-electron chi connectivity index (χ1n) is 8.02. The summed E-state index contributed by atoms with van der Waals surface area (Å²) in [4.78, 5) is 4.64. The van der Waals surface area contributed by atoms with Crippen molar-refractivity contribution in [1.29, 1.82) is 0 Å². The number of imidazole rings is 1.